The molecule has 2 aromatic carbocycles. The van der Waals surface area contributed by atoms with Gasteiger partial charge in [-0.05, 0) is 12.5 Å². The first kappa shape index (κ1) is 21.3. The van der Waals surface area contributed by atoms with Gasteiger partial charge in [-0.3, -0.25) is 10.1 Å². The van der Waals surface area contributed by atoms with Gasteiger partial charge in [0.05, 0.1) is 11.5 Å². The van der Waals surface area contributed by atoms with Gasteiger partial charge >= 0.3 is 12.1 Å². The molecule has 1 aromatic heterocycles. The molecule has 7 nitrogen and oxygen atoms in total. The summed E-state index contributed by atoms with van der Waals surface area (Å²) in [6, 6.07) is 12.1. The van der Waals surface area contributed by atoms with Gasteiger partial charge in [-0.15, -0.1) is 0 Å². The molecule has 0 spiro atoms. The molecule has 158 valence electrons. The molecule has 0 fully saturated rings. The maximum absolute atomic E-state index is 13.9. The minimum Gasteiger partial charge on any atom is -0.463 e. The summed E-state index contributed by atoms with van der Waals surface area (Å²) >= 11 is 0. The van der Waals surface area contributed by atoms with E-state index < -0.39 is 33.9 Å². The molecule has 3 rings (SSSR count). The van der Waals surface area contributed by atoms with Gasteiger partial charge in [0.25, 0.3) is 11.3 Å². The van der Waals surface area contributed by atoms with Crippen molar-refractivity contribution in [2.24, 2.45) is 0 Å². The molecule has 0 radical (unpaired) electrons. The number of carbonyl (C=O) groups is 1. The predicted octanol–water partition coefficient (Wildman–Crippen LogP) is 3.91. The first-order valence-corrected chi connectivity index (χ1v) is 8.88. The molecule has 1 atom stereocenters. The number of non-ortho nitro benzene ring substituents is 1. The number of aliphatic hydroxyl groups is 1. The molecular formula is C20H17F3N2O5. The van der Waals surface area contributed by atoms with Crippen molar-refractivity contribution in [1.29, 1.82) is 0 Å². The number of nitro groups is 1. The van der Waals surface area contributed by atoms with Gasteiger partial charge < -0.3 is 14.4 Å². The van der Waals surface area contributed by atoms with Crippen LogP contribution in [0.5, 0.6) is 0 Å². The van der Waals surface area contributed by atoms with E-state index in [1.165, 1.54) is 23.6 Å². The molecule has 0 amide bonds. The zero-order valence-corrected chi connectivity index (χ0v) is 15.7. The molecule has 10 heteroatoms. The number of ether oxygens (including phenoxy) is 1. The summed E-state index contributed by atoms with van der Waals surface area (Å²) in [6.45, 7) is 0.900. The van der Waals surface area contributed by atoms with E-state index in [2.05, 4.69) is 4.74 Å². The van der Waals surface area contributed by atoms with Gasteiger partial charge in [0.15, 0.2) is 0 Å². The molecule has 1 unspecified atom stereocenters. The molecule has 0 aliphatic rings. The summed E-state index contributed by atoms with van der Waals surface area (Å²) in [4.78, 5) is 23.0. The van der Waals surface area contributed by atoms with Crippen LogP contribution >= 0.6 is 0 Å². The standard InChI is InChI=1S/C20H17F3N2O5/c1-2-30-18(26)19(27,20(21,22)23)15-12-24(11-13-7-4-3-5-8-13)17-14(15)9-6-10-16(17)25(28)29/h3-10,12,27H,2,11H2,1H3. The van der Waals surface area contributed by atoms with Crippen molar-refractivity contribution in [3.63, 3.8) is 0 Å². The van der Waals surface area contributed by atoms with E-state index in [1.54, 1.807) is 30.3 Å². The number of aromatic nitrogens is 1. The molecule has 1 N–H and O–H groups in total. The van der Waals surface area contributed by atoms with Gasteiger partial charge in [-0.2, -0.15) is 13.2 Å². The summed E-state index contributed by atoms with van der Waals surface area (Å²) < 4.78 is 47.4. The number of nitrogens with zero attached hydrogens (tertiary/aromatic N) is 2. The molecule has 0 aliphatic carbocycles. The van der Waals surface area contributed by atoms with E-state index >= 15 is 0 Å². The number of hydrogen-bond acceptors (Lipinski definition) is 5. The van der Waals surface area contributed by atoms with Crippen LogP contribution in [0.1, 0.15) is 18.1 Å². The highest BCUT2D eigenvalue weighted by Crippen LogP contribution is 2.45. The number of benzene rings is 2. The van der Waals surface area contributed by atoms with E-state index in [4.69, 9.17) is 0 Å². The van der Waals surface area contributed by atoms with Gasteiger partial charge in [-0.25, -0.2) is 4.79 Å². The van der Waals surface area contributed by atoms with Crippen molar-refractivity contribution < 1.29 is 32.7 Å². The molecule has 0 saturated heterocycles. The van der Waals surface area contributed by atoms with Crippen LogP contribution in [0.2, 0.25) is 0 Å². The van der Waals surface area contributed by atoms with Crippen molar-refractivity contribution in [1.82, 2.24) is 4.57 Å². The quantitative estimate of drug-likeness (QED) is 0.369. The fraction of sp³-hybridized carbons (Fsp3) is 0.250. The normalized spacial score (nSPS) is 13.8. The van der Waals surface area contributed by atoms with Crippen LogP contribution in [0.15, 0.2) is 54.7 Å². The average Bonchev–Trinajstić information content (AvgIpc) is 3.06. The summed E-state index contributed by atoms with van der Waals surface area (Å²) in [7, 11) is 0. The number of nitro benzene ring substituents is 1. The molecule has 3 aromatic rings. The monoisotopic (exact) mass is 422 g/mol. The van der Waals surface area contributed by atoms with Gasteiger partial charge in [0.1, 0.15) is 5.52 Å². The average molecular weight is 422 g/mol. The van der Waals surface area contributed by atoms with Crippen molar-refractivity contribution in [2.75, 3.05) is 6.61 Å². The third-order valence-electron chi connectivity index (χ3n) is 4.64. The summed E-state index contributed by atoms with van der Waals surface area (Å²) in [5.74, 6) is -1.90. The van der Waals surface area contributed by atoms with Gasteiger partial charge in [-0.1, -0.05) is 42.5 Å². The second-order valence-electron chi connectivity index (χ2n) is 6.52. The van der Waals surface area contributed by atoms with Gasteiger partial charge in [0, 0.05) is 29.8 Å². The molecule has 30 heavy (non-hydrogen) atoms. The smallest absolute Gasteiger partial charge is 0.432 e. The Kier molecular flexibility index (Phi) is 5.53. The van der Waals surface area contributed by atoms with Crippen LogP contribution in [0, 0.1) is 10.1 Å². The van der Waals surface area contributed by atoms with Crippen LogP contribution in [0.25, 0.3) is 10.9 Å². The lowest BCUT2D eigenvalue weighted by atomic mass is 9.92. The number of esters is 1. The largest absolute Gasteiger partial charge is 0.463 e. The number of carbonyl (C=O) groups excluding carboxylic acids is 1. The van der Waals surface area contributed by atoms with Crippen LogP contribution in [0.4, 0.5) is 18.9 Å². The summed E-state index contributed by atoms with van der Waals surface area (Å²) in [6.07, 6.45) is -4.51. The van der Waals surface area contributed by atoms with Crippen molar-refractivity contribution >= 4 is 22.6 Å². The van der Waals surface area contributed by atoms with E-state index in [9.17, 15) is 33.2 Å². The van der Waals surface area contributed by atoms with E-state index in [0.29, 0.717) is 5.56 Å². The Morgan fingerprint density at radius 2 is 1.83 bits per heavy atom. The van der Waals surface area contributed by atoms with E-state index in [-0.39, 0.29) is 24.1 Å². The lowest BCUT2D eigenvalue weighted by Gasteiger charge is -2.27. The fourth-order valence-electron chi connectivity index (χ4n) is 3.29. The molecule has 0 bridgehead atoms. The number of rotatable bonds is 6. The van der Waals surface area contributed by atoms with Crippen LogP contribution < -0.4 is 0 Å². The Balaban J connectivity index is 2.33. The second kappa shape index (κ2) is 7.79. The SMILES string of the molecule is CCOC(=O)C(O)(c1cn(Cc2ccccc2)c2c([N+](=O)[O-])cccc12)C(F)(F)F. The number of alkyl halides is 3. The number of fused-ring (bicyclic) bond motifs is 1. The zero-order valence-electron chi connectivity index (χ0n) is 15.7. The highest BCUT2D eigenvalue weighted by Gasteiger charge is 2.63. The Morgan fingerprint density at radius 3 is 2.40 bits per heavy atom. The maximum atomic E-state index is 13.9. The lowest BCUT2D eigenvalue weighted by molar-refractivity contribution is -0.383. The lowest BCUT2D eigenvalue weighted by Crippen LogP contribution is -2.50. The Bertz CT molecular complexity index is 1100. The summed E-state index contributed by atoms with van der Waals surface area (Å²) in [5.41, 5.74) is -4.76. The highest BCUT2D eigenvalue weighted by molar-refractivity contribution is 5.96. The predicted molar refractivity (Wildman–Crippen MR) is 101 cm³/mol. The van der Waals surface area contributed by atoms with Crippen molar-refractivity contribution in [3.8, 4) is 0 Å². The topological polar surface area (TPSA) is 94.6 Å². The molecule has 0 saturated carbocycles. The van der Waals surface area contributed by atoms with Crippen molar-refractivity contribution in [2.45, 2.75) is 25.2 Å². The summed E-state index contributed by atoms with van der Waals surface area (Å²) in [5, 5.41) is 21.8. The van der Waals surface area contributed by atoms with E-state index in [0.717, 1.165) is 12.3 Å². The first-order chi connectivity index (χ1) is 14.1. The Labute approximate surface area is 168 Å². The zero-order chi connectivity index (χ0) is 22.1. The number of para-hydroxylation sites is 1. The van der Waals surface area contributed by atoms with Gasteiger partial charge in [0.2, 0.25) is 0 Å². The minimum absolute atomic E-state index is 0.0149. The maximum Gasteiger partial charge on any atom is 0.432 e. The van der Waals surface area contributed by atoms with E-state index in [1.807, 2.05) is 0 Å². The Hall–Kier alpha value is -3.40. The van der Waals surface area contributed by atoms with Crippen molar-refractivity contribution in [3.05, 3.63) is 76.0 Å². The molecule has 0 aliphatic heterocycles. The van der Waals surface area contributed by atoms with Crippen LogP contribution in [0.3, 0.4) is 0 Å². The minimum atomic E-state index is -5.42. The number of halogens is 3. The molecular weight excluding hydrogens is 405 g/mol. The number of hydrogen-bond donors (Lipinski definition) is 1. The van der Waals surface area contributed by atoms with Crippen LogP contribution in [-0.4, -0.2) is 33.3 Å². The van der Waals surface area contributed by atoms with Crippen LogP contribution in [-0.2, 0) is 21.7 Å². The Morgan fingerprint density at radius 1 is 1.17 bits per heavy atom. The second-order valence-corrected chi connectivity index (χ2v) is 6.52. The fourth-order valence-corrected chi connectivity index (χ4v) is 3.29. The third kappa shape index (κ3) is 3.50. The third-order valence-corrected chi connectivity index (χ3v) is 4.64. The first-order valence-electron chi connectivity index (χ1n) is 8.88. The highest BCUT2D eigenvalue weighted by atomic mass is 19.4. The molecule has 1 heterocycles.